The maximum Gasteiger partial charge on any atom is 0.243 e. The number of carbonyl (C=O) groups excluding carboxylic acids is 2. The SMILES string of the molecule is CC1(C)C(C#N)=C(SCC(=O)Nc2cc(Cl)ccc2Cl)NC(=O)[C@@H]1C#N. The monoisotopic (exact) mass is 408 g/mol. The lowest BCUT2D eigenvalue weighted by Crippen LogP contribution is -2.44. The lowest BCUT2D eigenvalue weighted by molar-refractivity contribution is -0.125. The Morgan fingerprint density at radius 2 is 2.08 bits per heavy atom. The minimum atomic E-state index is -0.972. The summed E-state index contributed by atoms with van der Waals surface area (Å²) in [5.74, 6) is -1.90. The zero-order valence-electron chi connectivity index (χ0n) is 13.9. The highest BCUT2D eigenvalue weighted by atomic mass is 35.5. The maximum absolute atomic E-state index is 12.2. The second-order valence-corrected chi connectivity index (χ2v) is 7.88. The molecule has 2 rings (SSSR count). The molecule has 0 fully saturated rings. The number of hydrogen-bond donors (Lipinski definition) is 2. The van der Waals surface area contributed by atoms with Crippen LogP contribution < -0.4 is 10.6 Å². The van der Waals surface area contributed by atoms with Crippen LogP contribution in [-0.2, 0) is 9.59 Å². The molecular formula is C17H14Cl2N4O2S. The standard InChI is InChI=1S/C17H14Cl2N4O2S/c1-17(2)10(6-20)15(25)23-16(11(17)7-21)26-8-14(24)22-13-5-9(18)3-4-12(13)19/h3-5,10H,8H2,1-2H3,(H,22,24)(H,23,25)/t10-/m0/s1. The van der Waals surface area contributed by atoms with Crippen molar-refractivity contribution in [2.24, 2.45) is 11.3 Å². The van der Waals surface area contributed by atoms with Gasteiger partial charge in [-0.25, -0.2) is 0 Å². The number of nitrogens with one attached hydrogen (secondary N) is 2. The Morgan fingerprint density at radius 3 is 2.69 bits per heavy atom. The van der Waals surface area contributed by atoms with E-state index in [0.717, 1.165) is 11.8 Å². The first-order valence-corrected chi connectivity index (χ1v) is 9.18. The molecule has 1 aliphatic heterocycles. The van der Waals surface area contributed by atoms with E-state index < -0.39 is 17.2 Å². The van der Waals surface area contributed by atoms with Crippen molar-refractivity contribution in [3.8, 4) is 12.1 Å². The molecule has 0 aromatic heterocycles. The molecule has 134 valence electrons. The van der Waals surface area contributed by atoms with Gasteiger partial charge in [-0.3, -0.25) is 9.59 Å². The van der Waals surface area contributed by atoms with E-state index in [1.165, 1.54) is 6.07 Å². The third-order valence-corrected chi connectivity index (χ3v) is 5.45. The van der Waals surface area contributed by atoms with Crippen molar-refractivity contribution in [1.29, 1.82) is 10.5 Å². The molecule has 1 aromatic carbocycles. The molecule has 9 heteroatoms. The molecule has 1 aromatic rings. The van der Waals surface area contributed by atoms with Crippen molar-refractivity contribution in [3.63, 3.8) is 0 Å². The van der Waals surface area contributed by atoms with Gasteiger partial charge in [0.2, 0.25) is 11.8 Å². The number of anilines is 1. The van der Waals surface area contributed by atoms with E-state index in [1.807, 2.05) is 12.1 Å². The first-order chi connectivity index (χ1) is 12.2. The number of benzene rings is 1. The maximum atomic E-state index is 12.2. The Bertz CT molecular complexity index is 884. The van der Waals surface area contributed by atoms with E-state index in [0.29, 0.717) is 15.7 Å². The molecule has 6 nitrogen and oxygen atoms in total. The third-order valence-electron chi connectivity index (χ3n) is 3.88. The van der Waals surface area contributed by atoms with Gasteiger partial charge in [-0.1, -0.05) is 48.8 Å². The average Bonchev–Trinajstić information content (AvgIpc) is 2.55. The van der Waals surface area contributed by atoms with E-state index in [-0.39, 0.29) is 22.3 Å². The zero-order valence-corrected chi connectivity index (χ0v) is 16.2. The van der Waals surface area contributed by atoms with Crippen LogP contribution in [0.5, 0.6) is 0 Å². The van der Waals surface area contributed by atoms with Crippen LogP contribution in [-0.4, -0.2) is 17.6 Å². The molecule has 2 N–H and O–H groups in total. The van der Waals surface area contributed by atoms with E-state index in [2.05, 4.69) is 10.6 Å². The Morgan fingerprint density at radius 1 is 1.38 bits per heavy atom. The van der Waals surface area contributed by atoms with Gasteiger partial charge in [0.05, 0.1) is 39.2 Å². The first kappa shape index (κ1) is 20.1. The summed E-state index contributed by atoms with van der Waals surface area (Å²) in [4.78, 5) is 24.3. The Kier molecular flexibility index (Phi) is 6.20. The smallest absolute Gasteiger partial charge is 0.243 e. The Labute approximate surface area is 165 Å². The van der Waals surface area contributed by atoms with Crippen LogP contribution in [0.2, 0.25) is 10.0 Å². The summed E-state index contributed by atoms with van der Waals surface area (Å²) in [6, 6.07) is 8.66. The number of nitrogens with zero attached hydrogens (tertiary/aromatic N) is 2. The minimum absolute atomic E-state index is 0.0586. The van der Waals surface area contributed by atoms with Crippen LogP contribution in [0.3, 0.4) is 0 Å². The van der Waals surface area contributed by atoms with Gasteiger partial charge >= 0.3 is 0 Å². The number of halogens is 2. The van der Waals surface area contributed by atoms with Gasteiger partial charge in [0.25, 0.3) is 0 Å². The number of amides is 2. The van der Waals surface area contributed by atoms with Gasteiger partial charge in [-0.05, 0) is 18.2 Å². The minimum Gasteiger partial charge on any atom is -0.324 e. The number of rotatable bonds is 4. The molecule has 26 heavy (non-hydrogen) atoms. The van der Waals surface area contributed by atoms with Crippen molar-refractivity contribution in [3.05, 3.63) is 38.8 Å². The molecule has 0 radical (unpaired) electrons. The van der Waals surface area contributed by atoms with Gasteiger partial charge in [-0.15, -0.1) is 0 Å². The molecule has 2 amide bonds. The highest BCUT2D eigenvalue weighted by Gasteiger charge is 2.44. The van der Waals surface area contributed by atoms with Crippen LogP contribution in [0.15, 0.2) is 28.8 Å². The van der Waals surface area contributed by atoms with Gasteiger partial charge in [0.1, 0.15) is 5.92 Å². The zero-order chi connectivity index (χ0) is 19.5. The predicted molar refractivity (Wildman–Crippen MR) is 101 cm³/mol. The van der Waals surface area contributed by atoms with Crippen molar-refractivity contribution in [2.45, 2.75) is 13.8 Å². The number of nitriles is 2. The third kappa shape index (κ3) is 4.13. The van der Waals surface area contributed by atoms with Crippen LogP contribution in [0, 0.1) is 34.0 Å². The van der Waals surface area contributed by atoms with Crippen molar-refractivity contribution in [2.75, 3.05) is 11.1 Å². The van der Waals surface area contributed by atoms with Crippen LogP contribution in [0.1, 0.15) is 13.8 Å². The van der Waals surface area contributed by atoms with Gasteiger partial charge in [0, 0.05) is 10.4 Å². The second kappa shape index (κ2) is 8.01. The molecule has 0 saturated heterocycles. The molecule has 0 saturated carbocycles. The predicted octanol–water partition coefficient (Wildman–Crippen LogP) is 3.70. The fourth-order valence-electron chi connectivity index (χ4n) is 2.45. The average molecular weight is 409 g/mol. The van der Waals surface area contributed by atoms with Crippen molar-refractivity contribution < 1.29 is 9.59 Å². The van der Waals surface area contributed by atoms with Gasteiger partial charge < -0.3 is 10.6 Å². The van der Waals surface area contributed by atoms with Crippen LogP contribution in [0.25, 0.3) is 0 Å². The molecular weight excluding hydrogens is 395 g/mol. The highest BCUT2D eigenvalue weighted by molar-refractivity contribution is 8.03. The van der Waals surface area contributed by atoms with E-state index in [9.17, 15) is 20.1 Å². The van der Waals surface area contributed by atoms with Gasteiger partial charge in [0.15, 0.2) is 0 Å². The van der Waals surface area contributed by atoms with Crippen LogP contribution >= 0.6 is 35.0 Å². The number of allylic oxidation sites excluding steroid dienone is 1. The second-order valence-electron chi connectivity index (χ2n) is 6.05. The normalized spacial score (nSPS) is 18.5. The summed E-state index contributed by atoms with van der Waals surface area (Å²) >= 11 is 12.9. The first-order valence-electron chi connectivity index (χ1n) is 7.43. The largest absolute Gasteiger partial charge is 0.324 e. The van der Waals surface area contributed by atoms with Crippen molar-refractivity contribution >= 4 is 52.5 Å². The molecule has 0 bridgehead atoms. The quantitative estimate of drug-likeness (QED) is 0.789. The highest BCUT2D eigenvalue weighted by Crippen LogP contribution is 2.41. The molecule has 0 spiro atoms. The molecule has 0 unspecified atom stereocenters. The van der Waals surface area contributed by atoms with E-state index in [4.69, 9.17) is 23.2 Å². The van der Waals surface area contributed by atoms with Crippen LogP contribution in [0.4, 0.5) is 5.69 Å². The number of thioether (sulfide) groups is 1. The molecule has 0 aliphatic carbocycles. The fourth-order valence-corrected chi connectivity index (χ4v) is 3.76. The Hall–Kier alpha value is -2.19. The summed E-state index contributed by atoms with van der Waals surface area (Å²) < 4.78 is 0. The summed E-state index contributed by atoms with van der Waals surface area (Å²) in [7, 11) is 0. The lowest BCUT2D eigenvalue weighted by Gasteiger charge is -2.34. The molecule has 1 atom stereocenters. The number of carbonyl (C=O) groups is 2. The van der Waals surface area contributed by atoms with Gasteiger partial charge in [-0.2, -0.15) is 10.5 Å². The van der Waals surface area contributed by atoms with E-state index >= 15 is 0 Å². The Balaban J connectivity index is 2.15. The van der Waals surface area contributed by atoms with Crippen molar-refractivity contribution in [1.82, 2.24) is 5.32 Å². The molecule has 1 heterocycles. The summed E-state index contributed by atoms with van der Waals surface area (Å²) in [5, 5.41) is 24.9. The fraction of sp³-hybridized carbons (Fsp3) is 0.294. The summed E-state index contributed by atoms with van der Waals surface area (Å²) in [6.45, 7) is 3.31. The summed E-state index contributed by atoms with van der Waals surface area (Å²) in [5.41, 5.74) is -0.306. The lowest BCUT2D eigenvalue weighted by atomic mass is 9.72. The number of hydrogen-bond acceptors (Lipinski definition) is 5. The molecule has 1 aliphatic rings. The topological polar surface area (TPSA) is 106 Å². The van der Waals surface area contributed by atoms with E-state index in [1.54, 1.807) is 26.0 Å². The summed E-state index contributed by atoms with van der Waals surface area (Å²) in [6.07, 6.45) is 0.